The van der Waals surface area contributed by atoms with E-state index in [1.54, 1.807) is 13.8 Å². The first kappa shape index (κ1) is 12.7. The molecule has 1 aromatic heterocycles. The molecule has 7 heteroatoms. The van der Waals surface area contributed by atoms with E-state index < -0.39 is 21.0 Å². The van der Waals surface area contributed by atoms with E-state index in [2.05, 4.69) is 5.16 Å². The number of sulfone groups is 1. The molecule has 1 heterocycles. The quantitative estimate of drug-likeness (QED) is 0.810. The molecule has 0 radical (unpaired) electrons. The second-order valence-corrected chi connectivity index (χ2v) is 5.98. The van der Waals surface area contributed by atoms with Gasteiger partial charge in [0.25, 0.3) is 0 Å². The molecule has 0 saturated carbocycles. The van der Waals surface area contributed by atoms with Crippen molar-refractivity contribution < 1.29 is 17.7 Å². The summed E-state index contributed by atoms with van der Waals surface area (Å²) < 4.78 is 28.4. The van der Waals surface area contributed by atoms with E-state index >= 15 is 0 Å². The highest BCUT2D eigenvalue weighted by Gasteiger charge is 2.28. The van der Waals surface area contributed by atoms with E-state index in [-0.39, 0.29) is 5.75 Å². The number of aromatic nitrogens is 1. The molecule has 0 aliphatic carbocycles. The summed E-state index contributed by atoms with van der Waals surface area (Å²) in [5.41, 5.74) is 5.98. The Morgan fingerprint density at radius 1 is 1.50 bits per heavy atom. The molecule has 90 valence electrons. The Balaban J connectivity index is 3.02. The summed E-state index contributed by atoms with van der Waals surface area (Å²) in [6, 6.07) is 0. The molecule has 1 atom stereocenters. The van der Waals surface area contributed by atoms with Crippen LogP contribution in [0.25, 0.3) is 0 Å². The zero-order chi connectivity index (χ0) is 12.5. The Morgan fingerprint density at radius 3 is 2.44 bits per heavy atom. The number of nitrogens with zero attached hydrogens (tertiary/aromatic N) is 1. The van der Waals surface area contributed by atoms with Crippen molar-refractivity contribution in [3.63, 3.8) is 0 Å². The normalized spacial score (nSPS) is 13.7. The minimum Gasteiger partial charge on any atom is -0.369 e. The first-order valence-corrected chi connectivity index (χ1v) is 6.40. The average molecular weight is 246 g/mol. The van der Waals surface area contributed by atoms with Crippen LogP contribution in [0.2, 0.25) is 0 Å². The highest BCUT2D eigenvalue weighted by Crippen LogP contribution is 2.18. The van der Waals surface area contributed by atoms with Crippen LogP contribution in [0.3, 0.4) is 0 Å². The number of rotatable bonds is 4. The monoisotopic (exact) mass is 246 g/mol. The standard InChI is InChI=1S/C9H14N2O4S/c1-5-8(6(2)15-11-5)4-16(13,14)7(3)9(10)12/h7H,4H2,1-3H3,(H2,10,12). The van der Waals surface area contributed by atoms with Gasteiger partial charge in [0.05, 0.1) is 11.4 Å². The Hall–Kier alpha value is -1.37. The van der Waals surface area contributed by atoms with Crippen LogP contribution in [0.5, 0.6) is 0 Å². The van der Waals surface area contributed by atoms with E-state index in [4.69, 9.17) is 10.3 Å². The molecule has 0 aliphatic rings. The number of nitrogens with two attached hydrogens (primary N) is 1. The molecular weight excluding hydrogens is 232 g/mol. The van der Waals surface area contributed by atoms with Crippen molar-refractivity contribution in [2.24, 2.45) is 5.73 Å². The fourth-order valence-corrected chi connectivity index (χ4v) is 2.63. The molecule has 0 bridgehead atoms. The van der Waals surface area contributed by atoms with Crippen molar-refractivity contribution in [2.45, 2.75) is 31.8 Å². The van der Waals surface area contributed by atoms with Gasteiger partial charge in [0.1, 0.15) is 11.0 Å². The summed E-state index contributed by atoms with van der Waals surface area (Å²) in [6.45, 7) is 4.55. The molecule has 2 N–H and O–H groups in total. The summed E-state index contributed by atoms with van der Waals surface area (Å²) in [7, 11) is -3.60. The SMILES string of the molecule is Cc1noc(C)c1CS(=O)(=O)C(C)C(N)=O. The predicted octanol–water partition coefficient (Wildman–Crippen LogP) is 0.0800. The Morgan fingerprint density at radius 2 is 2.06 bits per heavy atom. The minimum absolute atomic E-state index is 0.279. The van der Waals surface area contributed by atoms with Gasteiger partial charge >= 0.3 is 0 Å². The van der Waals surface area contributed by atoms with Crippen molar-refractivity contribution in [1.82, 2.24) is 5.16 Å². The van der Waals surface area contributed by atoms with Crippen LogP contribution in [-0.2, 0) is 20.4 Å². The van der Waals surface area contributed by atoms with Gasteiger partial charge in [0, 0.05) is 5.56 Å². The smallest absolute Gasteiger partial charge is 0.235 e. The van der Waals surface area contributed by atoms with Crippen LogP contribution in [0, 0.1) is 13.8 Å². The van der Waals surface area contributed by atoms with Crippen LogP contribution in [0.4, 0.5) is 0 Å². The predicted molar refractivity (Wildman–Crippen MR) is 57.3 cm³/mol. The van der Waals surface area contributed by atoms with Gasteiger partial charge in [-0.15, -0.1) is 0 Å². The Bertz CT molecular complexity index is 484. The van der Waals surface area contributed by atoms with Crippen LogP contribution < -0.4 is 5.73 Å². The maximum absolute atomic E-state index is 11.8. The summed E-state index contributed by atoms with van der Waals surface area (Å²) in [5, 5.41) is 2.44. The van der Waals surface area contributed by atoms with Gasteiger partial charge in [-0.3, -0.25) is 4.79 Å². The number of carbonyl (C=O) groups excluding carboxylic acids is 1. The molecule has 1 unspecified atom stereocenters. The van der Waals surface area contributed by atoms with E-state index in [1.807, 2.05) is 0 Å². The fraction of sp³-hybridized carbons (Fsp3) is 0.556. The first-order chi connectivity index (χ1) is 7.25. The molecule has 0 saturated heterocycles. The van der Waals surface area contributed by atoms with E-state index in [9.17, 15) is 13.2 Å². The number of primary amides is 1. The molecule has 0 aliphatic heterocycles. The minimum atomic E-state index is -3.60. The summed E-state index contributed by atoms with van der Waals surface area (Å²) in [6.07, 6.45) is 0. The third kappa shape index (κ3) is 2.41. The van der Waals surface area contributed by atoms with Crippen LogP contribution in [0.1, 0.15) is 23.9 Å². The number of aryl methyl sites for hydroxylation is 2. The highest BCUT2D eigenvalue weighted by atomic mass is 32.2. The third-order valence-electron chi connectivity index (χ3n) is 2.47. The van der Waals surface area contributed by atoms with Gasteiger partial charge in [-0.1, -0.05) is 5.16 Å². The van der Waals surface area contributed by atoms with Crippen molar-refractivity contribution in [3.8, 4) is 0 Å². The molecule has 0 aromatic carbocycles. The number of amides is 1. The zero-order valence-corrected chi connectivity index (χ0v) is 10.2. The lowest BCUT2D eigenvalue weighted by Gasteiger charge is -2.08. The van der Waals surface area contributed by atoms with Gasteiger partial charge in [-0.25, -0.2) is 8.42 Å². The van der Waals surface area contributed by atoms with Crippen molar-refractivity contribution >= 4 is 15.7 Å². The van der Waals surface area contributed by atoms with Gasteiger partial charge in [-0.2, -0.15) is 0 Å². The van der Waals surface area contributed by atoms with E-state index in [0.29, 0.717) is 17.0 Å². The Labute approximate surface area is 93.7 Å². The molecule has 0 spiro atoms. The molecule has 6 nitrogen and oxygen atoms in total. The van der Waals surface area contributed by atoms with E-state index in [0.717, 1.165) is 0 Å². The largest absolute Gasteiger partial charge is 0.369 e. The molecule has 1 rings (SSSR count). The van der Waals surface area contributed by atoms with Gasteiger partial charge in [-0.05, 0) is 20.8 Å². The molecule has 16 heavy (non-hydrogen) atoms. The number of hydrogen-bond donors (Lipinski definition) is 1. The lowest BCUT2D eigenvalue weighted by atomic mass is 10.2. The lowest BCUT2D eigenvalue weighted by molar-refractivity contribution is -0.117. The third-order valence-corrected chi connectivity index (χ3v) is 4.47. The van der Waals surface area contributed by atoms with Crippen molar-refractivity contribution in [2.75, 3.05) is 0 Å². The van der Waals surface area contributed by atoms with Crippen LogP contribution in [0.15, 0.2) is 4.52 Å². The second kappa shape index (κ2) is 4.25. The number of carbonyl (C=O) groups is 1. The van der Waals surface area contributed by atoms with Gasteiger partial charge in [0.15, 0.2) is 9.84 Å². The summed E-state index contributed by atoms with van der Waals surface area (Å²) >= 11 is 0. The fourth-order valence-electron chi connectivity index (χ4n) is 1.21. The highest BCUT2D eigenvalue weighted by molar-refractivity contribution is 7.92. The van der Waals surface area contributed by atoms with E-state index in [1.165, 1.54) is 6.92 Å². The van der Waals surface area contributed by atoms with Crippen LogP contribution in [-0.4, -0.2) is 24.7 Å². The second-order valence-electron chi connectivity index (χ2n) is 3.65. The molecule has 1 aromatic rings. The Kier molecular flexibility index (Phi) is 3.37. The molecule has 1 amide bonds. The van der Waals surface area contributed by atoms with Gasteiger partial charge < -0.3 is 10.3 Å². The zero-order valence-electron chi connectivity index (χ0n) is 9.35. The summed E-state index contributed by atoms with van der Waals surface area (Å²) in [5.74, 6) is -0.692. The maximum atomic E-state index is 11.8. The average Bonchev–Trinajstić information content (AvgIpc) is 2.47. The topological polar surface area (TPSA) is 103 Å². The van der Waals surface area contributed by atoms with Gasteiger partial charge in [0.2, 0.25) is 5.91 Å². The van der Waals surface area contributed by atoms with Crippen molar-refractivity contribution in [1.29, 1.82) is 0 Å². The van der Waals surface area contributed by atoms with Crippen LogP contribution >= 0.6 is 0 Å². The summed E-state index contributed by atoms with van der Waals surface area (Å²) in [4.78, 5) is 10.8. The lowest BCUT2D eigenvalue weighted by Crippen LogP contribution is -2.34. The number of hydrogen-bond acceptors (Lipinski definition) is 5. The van der Waals surface area contributed by atoms with Crippen molar-refractivity contribution in [3.05, 3.63) is 17.0 Å². The first-order valence-electron chi connectivity index (χ1n) is 4.68. The maximum Gasteiger partial charge on any atom is 0.235 e. The molecular formula is C9H14N2O4S. The molecule has 0 fully saturated rings.